The minimum absolute atomic E-state index is 0.140. The molecule has 1 saturated heterocycles. The SMILES string of the molecule is CCCC1CN(CC(=O)O)CCN(CC(=O)O)CCN(CCN(CC(=O)O)CC(=O)O)CCN1CC(=O)O. The Kier molecular flexibility index (Phi) is 15.4. The van der Waals surface area contributed by atoms with Gasteiger partial charge in [0.1, 0.15) is 0 Å². The summed E-state index contributed by atoms with van der Waals surface area (Å²) in [7, 11) is 0. The molecule has 0 bridgehead atoms. The molecule has 1 aliphatic heterocycles. The van der Waals surface area contributed by atoms with E-state index in [0.29, 0.717) is 45.7 Å². The maximum atomic E-state index is 11.7. The number of carboxylic acids is 5. The van der Waals surface area contributed by atoms with E-state index in [1.54, 1.807) is 14.7 Å². The van der Waals surface area contributed by atoms with Crippen LogP contribution in [0.4, 0.5) is 0 Å². The summed E-state index contributed by atoms with van der Waals surface area (Å²) in [5, 5.41) is 46.5. The third-order valence-electron chi connectivity index (χ3n) is 6.28. The molecule has 38 heavy (non-hydrogen) atoms. The van der Waals surface area contributed by atoms with E-state index >= 15 is 0 Å². The van der Waals surface area contributed by atoms with Gasteiger partial charge in [0.15, 0.2) is 0 Å². The van der Waals surface area contributed by atoms with E-state index in [2.05, 4.69) is 0 Å². The largest absolute Gasteiger partial charge is 0.480 e. The lowest BCUT2D eigenvalue weighted by molar-refractivity contribution is -0.142. The smallest absolute Gasteiger partial charge is 0.317 e. The van der Waals surface area contributed by atoms with Crippen molar-refractivity contribution in [2.24, 2.45) is 0 Å². The van der Waals surface area contributed by atoms with Crippen molar-refractivity contribution in [1.29, 1.82) is 0 Å². The van der Waals surface area contributed by atoms with Crippen LogP contribution in [0.5, 0.6) is 0 Å². The van der Waals surface area contributed by atoms with Crippen LogP contribution in [0, 0.1) is 0 Å². The maximum absolute atomic E-state index is 11.7. The third kappa shape index (κ3) is 14.8. The fraction of sp³-hybridized carbons (Fsp3) is 0.783. The molecule has 0 radical (unpaired) electrons. The molecule has 1 rings (SSSR count). The van der Waals surface area contributed by atoms with Crippen molar-refractivity contribution in [3.63, 3.8) is 0 Å². The standard InChI is InChI=1S/C23H41N5O10/c1-2-3-18-12-26(14-20(31)32)9-7-25(13-19(29)30)6-4-24(10-11-28(18)17-23(37)38)5-8-27(15-21(33)34)16-22(35)36/h18H,2-17H2,1H3,(H,29,30)(H,31,32)(H,33,34)(H,35,36)(H,37,38). The molecule has 0 spiro atoms. The Hall–Kier alpha value is -2.85. The van der Waals surface area contributed by atoms with Gasteiger partial charge in [-0.3, -0.25) is 48.5 Å². The minimum atomic E-state index is -1.16. The van der Waals surface area contributed by atoms with Crippen LogP contribution in [0.2, 0.25) is 0 Å². The van der Waals surface area contributed by atoms with Crippen molar-refractivity contribution in [1.82, 2.24) is 24.5 Å². The zero-order chi connectivity index (χ0) is 28.7. The van der Waals surface area contributed by atoms with E-state index in [9.17, 15) is 39.3 Å². The number of hydrogen-bond donors (Lipinski definition) is 5. The topological polar surface area (TPSA) is 203 Å². The summed E-state index contributed by atoms with van der Waals surface area (Å²) >= 11 is 0. The highest BCUT2D eigenvalue weighted by Crippen LogP contribution is 2.12. The number of aliphatic carboxylic acids is 5. The summed E-state index contributed by atoms with van der Waals surface area (Å²) in [6.07, 6.45) is 1.38. The van der Waals surface area contributed by atoms with Crippen molar-refractivity contribution in [2.45, 2.75) is 25.8 Å². The average Bonchev–Trinajstić information content (AvgIpc) is 2.77. The Bertz CT molecular complexity index is 783. The molecule has 218 valence electrons. The molecule has 0 aliphatic carbocycles. The second-order valence-electron chi connectivity index (χ2n) is 9.45. The van der Waals surface area contributed by atoms with Crippen LogP contribution in [0.1, 0.15) is 19.8 Å². The molecule has 0 amide bonds. The van der Waals surface area contributed by atoms with Crippen molar-refractivity contribution < 1.29 is 49.5 Å². The summed E-state index contributed by atoms with van der Waals surface area (Å²) < 4.78 is 0. The highest BCUT2D eigenvalue weighted by molar-refractivity contribution is 5.72. The third-order valence-corrected chi connectivity index (χ3v) is 6.28. The predicted octanol–water partition coefficient (Wildman–Crippen LogP) is -1.90. The Morgan fingerprint density at radius 3 is 1.63 bits per heavy atom. The average molecular weight is 548 g/mol. The van der Waals surface area contributed by atoms with Gasteiger partial charge in [-0.1, -0.05) is 13.3 Å². The lowest BCUT2D eigenvalue weighted by atomic mass is 10.1. The first-order chi connectivity index (χ1) is 17.9. The molecular formula is C23H41N5O10. The zero-order valence-electron chi connectivity index (χ0n) is 21.9. The number of nitrogens with zero attached hydrogens (tertiary/aromatic N) is 5. The van der Waals surface area contributed by atoms with Gasteiger partial charge in [0.05, 0.1) is 32.7 Å². The van der Waals surface area contributed by atoms with Gasteiger partial charge in [-0.2, -0.15) is 0 Å². The van der Waals surface area contributed by atoms with Crippen LogP contribution < -0.4 is 0 Å². The minimum Gasteiger partial charge on any atom is -0.480 e. The number of hydrogen-bond acceptors (Lipinski definition) is 10. The number of carbonyl (C=O) groups is 5. The summed E-state index contributed by atoms with van der Waals surface area (Å²) in [6, 6.07) is -0.250. The molecule has 5 N–H and O–H groups in total. The molecule has 15 heteroatoms. The Morgan fingerprint density at radius 1 is 0.658 bits per heavy atom. The first kappa shape index (κ1) is 33.2. The van der Waals surface area contributed by atoms with Crippen molar-refractivity contribution in [3.05, 3.63) is 0 Å². The molecule has 1 atom stereocenters. The molecule has 15 nitrogen and oxygen atoms in total. The molecule has 0 aromatic rings. The van der Waals surface area contributed by atoms with E-state index in [-0.39, 0.29) is 45.3 Å². The Labute approximate surface area is 221 Å². The lowest BCUT2D eigenvalue weighted by Gasteiger charge is -2.38. The summed E-state index contributed by atoms with van der Waals surface area (Å²) in [5.74, 6) is -5.39. The van der Waals surface area contributed by atoms with Gasteiger partial charge < -0.3 is 25.5 Å². The number of carboxylic acid groups (broad SMARTS) is 5. The summed E-state index contributed by atoms with van der Waals surface area (Å²) in [6.45, 7) is 3.03. The summed E-state index contributed by atoms with van der Waals surface area (Å²) in [5.41, 5.74) is 0. The zero-order valence-corrected chi connectivity index (χ0v) is 21.9. The van der Waals surface area contributed by atoms with Crippen molar-refractivity contribution in [3.8, 4) is 0 Å². The van der Waals surface area contributed by atoms with Gasteiger partial charge in [0.25, 0.3) is 0 Å². The van der Waals surface area contributed by atoms with Crippen LogP contribution in [-0.4, -0.2) is 178 Å². The van der Waals surface area contributed by atoms with Crippen LogP contribution in [-0.2, 0) is 24.0 Å². The van der Waals surface area contributed by atoms with E-state index in [1.165, 1.54) is 4.90 Å². The first-order valence-corrected chi connectivity index (χ1v) is 12.6. The molecule has 1 heterocycles. The molecular weight excluding hydrogens is 506 g/mol. The maximum Gasteiger partial charge on any atom is 0.317 e. The summed E-state index contributed by atoms with van der Waals surface area (Å²) in [4.78, 5) is 65.4. The Morgan fingerprint density at radius 2 is 1.13 bits per heavy atom. The molecule has 0 saturated carbocycles. The Balaban J connectivity index is 3.18. The van der Waals surface area contributed by atoms with Gasteiger partial charge >= 0.3 is 29.8 Å². The van der Waals surface area contributed by atoms with Gasteiger partial charge in [-0.25, -0.2) is 0 Å². The van der Waals surface area contributed by atoms with Crippen LogP contribution in [0.25, 0.3) is 0 Å². The van der Waals surface area contributed by atoms with Crippen LogP contribution in [0.3, 0.4) is 0 Å². The second-order valence-corrected chi connectivity index (χ2v) is 9.45. The second kappa shape index (κ2) is 17.6. The molecule has 1 fully saturated rings. The molecule has 1 unspecified atom stereocenters. The van der Waals surface area contributed by atoms with Crippen LogP contribution in [0.15, 0.2) is 0 Å². The quantitative estimate of drug-likeness (QED) is 0.152. The van der Waals surface area contributed by atoms with Crippen molar-refractivity contribution >= 4 is 29.8 Å². The van der Waals surface area contributed by atoms with E-state index in [0.717, 1.165) is 6.42 Å². The predicted molar refractivity (Wildman–Crippen MR) is 134 cm³/mol. The normalized spacial score (nSPS) is 19.5. The molecule has 1 aliphatic rings. The molecule has 0 aromatic carbocycles. The van der Waals surface area contributed by atoms with Gasteiger partial charge in [-0.05, 0) is 6.42 Å². The first-order valence-electron chi connectivity index (χ1n) is 12.6. The lowest BCUT2D eigenvalue weighted by Crippen LogP contribution is -2.53. The van der Waals surface area contributed by atoms with Gasteiger partial charge in [-0.15, -0.1) is 0 Å². The highest BCUT2D eigenvalue weighted by atomic mass is 16.4. The van der Waals surface area contributed by atoms with E-state index in [4.69, 9.17) is 10.2 Å². The van der Waals surface area contributed by atoms with E-state index < -0.39 is 42.9 Å². The van der Waals surface area contributed by atoms with Gasteiger partial charge in [0, 0.05) is 64.9 Å². The van der Waals surface area contributed by atoms with E-state index in [1.807, 2.05) is 11.8 Å². The molecule has 0 aromatic heterocycles. The highest BCUT2D eigenvalue weighted by Gasteiger charge is 2.26. The van der Waals surface area contributed by atoms with Gasteiger partial charge in [0.2, 0.25) is 0 Å². The van der Waals surface area contributed by atoms with Crippen molar-refractivity contribution in [2.75, 3.05) is 91.6 Å². The number of rotatable bonds is 15. The fourth-order valence-electron chi connectivity index (χ4n) is 4.52. The van der Waals surface area contributed by atoms with Crippen LogP contribution >= 0.6 is 0 Å². The fourth-order valence-corrected chi connectivity index (χ4v) is 4.52. The monoisotopic (exact) mass is 547 g/mol.